The number of fused-ring (bicyclic) bond motifs is 1. The Bertz CT molecular complexity index is 858. The minimum absolute atomic E-state index is 0.124. The number of ether oxygens (including phenoxy) is 1. The van der Waals surface area contributed by atoms with Crippen LogP contribution in [0.5, 0.6) is 0 Å². The largest absolute Gasteiger partial charge is 0.461 e. The fourth-order valence-corrected chi connectivity index (χ4v) is 3.51. The van der Waals surface area contributed by atoms with Crippen LogP contribution in [0.1, 0.15) is 31.3 Å². The van der Waals surface area contributed by atoms with Crippen LogP contribution in [-0.4, -0.2) is 72.0 Å². The van der Waals surface area contributed by atoms with Gasteiger partial charge in [-0.05, 0) is 38.6 Å². The number of rotatable bonds is 6. The first-order valence-electron chi connectivity index (χ1n) is 9.70. The highest BCUT2D eigenvalue weighted by molar-refractivity contribution is 6.11. The SMILES string of the molecule is CCOC(=O)c1[nH]c2ccc(F)cc2c1NC(=O)[C@@H](C)N1CCN(CC)CC1. The highest BCUT2D eigenvalue weighted by Gasteiger charge is 2.27. The lowest BCUT2D eigenvalue weighted by atomic mass is 10.1. The third kappa shape index (κ3) is 4.18. The van der Waals surface area contributed by atoms with Crippen molar-refractivity contribution in [1.82, 2.24) is 14.8 Å². The van der Waals surface area contributed by atoms with Gasteiger partial charge < -0.3 is 19.9 Å². The zero-order valence-corrected chi connectivity index (χ0v) is 16.5. The maximum atomic E-state index is 13.8. The van der Waals surface area contributed by atoms with Crippen LogP contribution in [0.3, 0.4) is 0 Å². The summed E-state index contributed by atoms with van der Waals surface area (Å²) in [6, 6.07) is 3.77. The summed E-state index contributed by atoms with van der Waals surface area (Å²) in [4.78, 5) is 32.6. The van der Waals surface area contributed by atoms with E-state index < -0.39 is 11.8 Å². The lowest BCUT2D eigenvalue weighted by Gasteiger charge is -2.36. The van der Waals surface area contributed by atoms with E-state index in [0.717, 1.165) is 32.7 Å². The maximum Gasteiger partial charge on any atom is 0.356 e. The molecule has 0 spiro atoms. The molecule has 7 nitrogen and oxygen atoms in total. The Morgan fingerprint density at radius 3 is 2.61 bits per heavy atom. The second-order valence-corrected chi connectivity index (χ2v) is 6.92. The fourth-order valence-electron chi connectivity index (χ4n) is 3.51. The van der Waals surface area contributed by atoms with Gasteiger partial charge in [0.25, 0.3) is 0 Å². The molecule has 2 heterocycles. The number of aromatic nitrogens is 1. The van der Waals surface area contributed by atoms with Gasteiger partial charge in [0, 0.05) is 37.1 Å². The predicted molar refractivity (Wildman–Crippen MR) is 106 cm³/mol. The molecule has 1 amide bonds. The molecule has 1 atom stereocenters. The van der Waals surface area contributed by atoms with Crippen LogP contribution in [0.4, 0.5) is 10.1 Å². The van der Waals surface area contributed by atoms with Crippen LogP contribution in [0.25, 0.3) is 10.9 Å². The van der Waals surface area contributed by atoms with Crippen LogP contribution >= 0.6 is 0 Å². The number of piperazine rings is 1. The van der Waals surface area contributed by atoms with Gasteiger partial charge in [0.15, 0.2) is 0 Å². The van der Waals surface area contributed by atoms with Crippen molar-refractivity contribution in [1.29, 1.82) is 0 Å². The zero-order valence-electron chi connectivity index (χ0n) is 16.5. The van der Waals surface area contributed by atoms with Gasteiger partial charge in [0.2, 0.25) is 5.91 Å². The topological polar surface area (TPSA) is 77.7 Å². The molecule has 3 rings (SSSR count). The Labute approximate surface area is 163 Å². The Kier molecular flexibility index (Phi) is 6.31. The molecule has 1 aliphatic rings. The van der Waals surface area contributed by atoms with Crippen LogP contribution in [0.2, 0.25) is 0 Å². The monoisotopic (exact) mass is 390 g/mol. The van der Waals surface area contributed by atoms with Crippen molar-refractivity contribution >= 4 is 28.5 Å². The second-order valence-electron chi connectivity index (χ2n) is 6.92. The lowest BCUT2D eigenvalue weighted by Crippen LogP contribution is -2.52. The van der Waals surface area contributed by atoms with Crippen LogP contribution in [0.15, 0.2) is 18.2 Å². The van der Waals surface area contributed by atoms with Gasteiger partial charge >= 0.3 is 5.97 Å². The van der Waals surface area contributed by atoms with E-state index in [1.54, 1.807) is 6.92 Å². The minimum Gasteiger partial charge on any atom is -0.461 e. The van der Waals surface area contributed by atoms with Crippen molar-refractivity contribution in [2.75, 3.05) is 44.6 Å². The number of hydrogen-bond acceptors (Lipinski definition) is 5. The quantitative estimate of drug-likeness (QED) is 0.741. The number of likely N-dealkylation sites (N-methyl/N-ethyl adjacent to an activating group) is 1. The number of nitrogens with one attached hydrogen (secondary N) is 2. The number of H-pyrrole nitrogens is 1. The summed E-state index contributed by atoms with van der Waals surface area (Å²) < 4.78 is 18.9. The normalized spacial score (nSPS) is 16.9. The number of esters is 1. The van der Waals surface area contributed by atoms with E-state index in [-0.39, 0.29) is 29.9 Å². The molecule has 8 heteroatoms. The predicted octanol–water partition coefficient (Wildman–Crippen LogP) is 2.45. The summed E-state index contributed by atoms with van der Waals surface area (Å²) in [5.74, 6) is -1.26. The molecule has 152 valence electrons. The van der Waals surface area contributed by atoms with E-state index in [4.69, 9.17) is 4.74 Å². The van der Waals surface area contributed by atoms with E-state index in [1.807, 2.05) is 6.92 Å². The zero-order chi connectivity index (χ0) is 20.3. The van der Waals surface area contributed by atoms with Crippen LogP contribution in [-0.2, 0) is 9.53 Å². The molecular weight excluding hydrogens is 363 g/mol. The number of carbonyl (C=O) groups excluding carboxylic acids is 2. The standard InChI is InChI=1S/C20H27FN4O3/c1-4-24-8-10-25(11-9-24)13(3)19(26)23-17-15-12-14(21)6-7-16(15)22-18(17)20(27)28-5-2/h6-7,12-13,22H,4-5,8-11H2,1-3H3,(H,23,26)/t13-/m1/s1. The Morgan fingerprint density at radius 2 is 1.96 bits per heavy atom. The van der Waals surface area contributed by atoms with Crippen molar-refractivity contribution < 1.29 is 18.7 Å². The molecule has 0 bridgehead atoms. The van der Waals surface area contributed by atoms with E-state index in [1.165, 1.54) is 18.2 Å². The summed E-state index contributed by atoms with van der Waals surface area (Å²) in [6.07, 6.45) is 0. The molecule has 0 radical (unpaired) electrons. The average molecular weight is 390 g/mol. The molecule has 2 N–H and O–H groups in total. The number of anilines is 1. The molecule has 1 fully saturated rings. The van der Waals surface area contributed by atoms with E-state index in [2.05, 4.69) is 27.0 Å². The van der Waals surface area contributed by atoms with Gasteiger partial charge in [0.1, 0.15) is 11.5 Å². The van der Waals surface area contributed by atoms with Gasteiger partial charge in [-0.15, -0.1) is 0 Å². The molecule has 1 aromatic carbocycles. The molecule has 1 saturated heterocycles. The third-order valence-corrected chi connectivity index (χ3v) is 5.27. The number of carbonyl (C=O) groups is 2. The highest BCUT2D eigenvalue weighted by atomic mass is 19.1. The van der Waals surface area contributed by atoms with Gasteiger partial charge in [-0.2, -0.15) is 0 Å². The molecule has 1 aliphatic heterocycles. The third-order valence-electron chi connectivity index (χ3n) is 5.27. The average Bonchev–Trinajstić information content (AvgIpc) is 3.05. The Balaban J connectivity index is 1.83. The number of aromatic amines is 1. The molecule has 28 heavy (non-hydrogen) atoms. The number of hydrogen-bond donors (Lipinski definition) is 2. The molecular formula is C20H27FN4O3. The minimum atomic E-state index is -0.585. The summed E-state index contributed by atoms with van der Waals surface area (Å²) in [5.41, 5.74) is 0.944. The molecule has 1 aromatic heterocycles. The Hall–Kier alpha value is -2.45. The molecule has 0 saturated carbocycles. The summed E-state index contributed by atoms with van der Waals surface area (Å²) in [6.45, 7) is 10.3. The van der Waals surface area contributed by atoms with Crippen LogP contribution < -0.4 is 5.32 Å². The van der Waals surface area contributed by atoms with Gasteiger partial charge in [-0.1, -0.05) is 6.92 Å². The van der Waals surface area contributed by atoms with Crippen molar-refractivity contribution in [2.45, 2.75) is 26.8 Å². The number of halogens is 1. The molecule has 2 aromatic rings. The smallest absolute Gasteiger partial charge is 0.356 e. The van der Waals surface area contributed by atoms with Gasteiger partial charge in [0.05, 0.1) is 18.3 Å². The number of nitrogens with zero attached hydrogens (tertiary/aromatic N) is 2. The first-order valence-corrected chi connectivity index (χ1v) is 9.70. The van der Waals surface area contributed by atoms with E-state index >= 15 is 0 Å². The van der Waals surface area contributed by atoms with E-state index in [0.29, 0.717) is 10.9 Å². The molecule has 0 unspecified atom stereocenters. The van der Waals surface area contributed by atoms with Crippen molar-refractivity contribution in [3.8, 4) is 0 Å². The summed E-state index contributed by atoms with van der Waals surface area (Å²) >= 11 is 0. The first kappa shape index (κ1) is 20.3. The van der Waals surface area contributed by atoms with Gasteiger partial charge in [-0.25, -0.2) is 9.18 Å². The second kappa shape index (κ2) is 8.70. The van der Waals surface area contributed by atoms with E-state index in [9.17, 15) is 14.0 Å². The fraction of sp³-hybridized carbons (Fsp3) is 0.500. The number of benzene rings is 1. The van der Waals surface area contributed by atoms with Gasteiger partial charge in [-0.3, -0.25) is 9.69 Å². The van der Waals surface area contributed by atoms with Crippen molar-refractivity contribution in [3.63, 3.8) is 0 Å². The number of amides is 1. The van der Waals surface area contributed by atoms with Crippen molar-refractivity contribution in [3.05, 3.63) is 29.7 Å². The van der Waals surface area contributed by atoms with Crippen LogP contribution in [0, 0.1) is 5.82 Å². The molecule has 0 aliphatic carbocycles. The van der Waals surface area contributed by atoms with Crippen molar-refractivity contribution in [2.24, 2.45) is 0 Å². The summed E-state index contributed by atoms with van der Waals surface area (Å²) in [7, 11) is 0. The Morgan fingerprint density at radius 1 is 1.25 bits per heavy atom. The summed E-state index contributed by atoms with van der Waals surface area (Å²) in [5, 5.41) is 3.27. The maximum absolute atomic E-state index is 13.8. The first-order chi connectivity index (χ1) is 13.4. The lowest BCUT2D eigenvalue weighted by molar-refractivity contribution is -0.121. The highest BCUT2D eigenvalue weighted by Crippen LogP contribution is 2.29.